The lowest BCUT2D eigenvalue weighted by Gasteiger charge is -2.32. The number of anilines is 2. The van der Waals surface area contributed by atoms with Crippen molar-refractivity contribution in [2.45, 2.75) is 24.0 Å². The van der Waals surface area contributed by atoms with Crippen LogP contribution in [-0.2, 0) is 19.9 Å². The fourth-order valence-corrected chi connectivity index (χ4v) is 7.08. The van der Waals surface area contributed by atoms with Crippen molar-refractivity contribution in [1.29, 1.82) is 0 Å². The lowest BCUT2D eigenvalue weighted by atomic mass is 10.1. The van der Waals surface area contributed by atoms with E-state index < -0.39 is 49.5 Å². The van der Waals surface area contributed by atoms with Gasteiger partial charge >= 0.3 is 5.97 Å². The largest absolute Gasteiger partial charge is 0.478 e. The van der Waals surface area contributed by atoms with Gasteiger partial charge in [0.05, 0.1) is 39.8 Å². The average Bonchev–Trinajstić information content (AvgIpc) is 2.88. The van der Waals surface area contributed by atoms with Crippen LogP contribution in [0, 0.1) is 6.92 Å². The molecule has 0 spiro atoms. The zero-order chi connectivity index (χ0) is 21.6. The summed E-state index contributed by atoms with van der Waals surface area (Å²) in [6, 6.07) is 8.11. The molecule has 156 valence electrons. The fourth-order valence-electron chi connectivity index (χ4n) is 3.28. The van der Waals surface area contributed by atoms with E-state index in [1.165, 1.54) is 43.3 Å². The molecule has 0 amide bonds. The zero-order valence-electron chi connectivity index (χ0n) is 15.4. The second-order valence-electron chi connectivity index (χ2n) is 6.89. The SMILES string of the molecule is Cc1ccc(C(=O)O)cc1S(=O)(=O)N(c1ccc(N)cc1)[C@@H]1CS(=O)(=O)C[C@H]1O. The van der Waals surface area contributed by atoms with Crippen molar-refractivity contribution in [1.82, 2.24) is 0 Å². The zero-order valence-corrected chi connectivity index (χ0v) is 17.0. The topological polar surface area (TPSA) is 155 Å². The predicted octanol–water partition coefficient (Wildman–Crippen LogP) is 0.629. The minimum atomic E-state index is -4.42. The molecular formula is C18H20N2O7S2. The highest BCUT2D eigenvalue weighted by Gasteiger charge is 2.45. The molecule has 2 aromatic carbocycles. The van der Waals surface area contributed by atoms with Gasteiger partial charge in [0.1, 0.15) is 0 Å². The van der Waals surface area contributed by atoms with Gasteiger partial charge in [-0.1, -0.05) is 6.07 Å². The summed E-state index contributed by atoms with van der Waals surface area (Å²) in [5, 5.41) is 19.6. The van der Waals surface area contributed by atoms with Gasteiger partial charge in [-0.05, 0) is 48.9 Å². The number of carbonyl (C=O) groups is 1. The van der Waals surface area contributed by atoms with E-state index in [-0.39, 0.29) is 21.7 Å². The second-order valence-corrected chi connectivity index (χ2v) is 10.8. The van der Waals surface area contributed by atoms with E-state index in [1.807, 2.05) is 0 Å². The van der Waals surface area contributed by atoms with Crippen LogP contribution in [0.25, 0.3) is 0 Å². The van der Waals surface area contributed by atoms with Crippen molar-refractivity contribution >= 4 is 37.2 Å². The Morgan fingerprint density at radius 3 is 2.28 bits per heavy atom. The Hall–Kier alpha value is -2.63. The molecule has 2 atom stereocenters. The Kier molecular flexibility index (Phi) is 5.32. The van der Waals surface area contributed by atoms with Gasteiger partial charge in [-0.15, -0.1) is 0 Å². The first-order valence-electron chi connectivity index (χ1n) is 8.55. The molecule has 1 fully saturated rings. The maximum atomic E-state index is 13.6. The third-order valence-corrected chi connectivity index (χ3v) is 8.41. The molecule has 11 heteroatoms. The highest BCUT2D eigenvalue weighted by atomic mass is 32.2. The molecule has 9 nitrogen and oxygen atoms in total. The highest BCUT2D eigenvalue weighted by molar-refractivity contribution is 7.93. The Morgan fingerprint density at radius 1 is 1.14 bits per heavy atom. The van der Waals surface area contributed by atoms with E-state index in [4.69, 9.17) is 5.73 Å². The Balaban J connectivity index is 2.22. The number of carboxylic acid groups (broad SMARTS) is 1. The number of carboxylic acids is 1. The molecule has 0 radical (unpaired) electrons. The van der Waals surface area contributed by atoms with Crippen molar-refractivity contribution in [3.63, 3.8) is 0 Å². The molecule has 4 N–H and O–H groups in total. The number of aromatic carboxylic acids is 1. The Labute approximate surface area is 168 Å². The summed E-state index contributed by atoms with van der Waals surface area (Å²) < 4.78 is 52.0. The summed E-state index contributed by atoms with van der Waals surface area (Å²) >= 11 is 0. The minimum Gasteiger partial charge on any atom is -0.478 e. The molecule has 2 aromatic rings. The molecular weight excluding hydrogens is 420 g/mol. The molecule has 0 bridgehead atoms. The van der Waals surface area contributed by atoms with Crippen LogP contribution in [0.1, 0.15) is 15.9 Å². The highest BCUT2D eigenvalue weighted by Crippen LogP contribution is 2.33. The standard InChI is InChI=1S/C18H20N2O7S2/c1-11-2-3-12(18(22)23)8-17(11)29(26,27)20(14-6-4-13(19)5-7-14)15-9-28(24,25)10-16(15)21/h2-8,15-16,21H,9-10,19H2,1H3,(H,22,23)/t15-,16-/m1/s1. The van der Waals surface area contributed by atoms with E-state index in [0.717, 1.165) is 10.4 Å². The van der Waals surface area contributed by atoms with Crippen LogP contribution in [0.15, 0.2) is 47.4 Å². The van der Waals surface area contributed by atoms with Crippen molar-refractivity contribution < 1.29 is 31.8 Å². The molecule has 0 saturated carbocycles. The number of nitrogen functional groups attached to an aromatic ring is 1. The number of hydrogen-bond donors (Lipinski definition) is 3. The van der Waals surface area contributed by atoms with E-state index in [1.54, 1.807) is 0 Å². The average molecular weight is 440 g/mol. The maximum Gasteiger partial charge on any atom is 0.335 e. The molecule has 29 heavy (non-hydrogen) atoms. The number of aryl methyl sites for hydroxylation is 1. The van der Waals surface area contributed by atoms with Gasteiger partial charge in [-0.3, -0.25) is 4.31 Å². The third-order valence-electron chi connectivity index (χ3n) is 4.71. The van der Waals surface area contributed by atoms with Crippen LogP contribution >= 0.6 is 0 Å². The lowest BCUT2D eigenvalue weighted by Crippen LogP contribution is -2.47. The smallest absolute Gasteiger partial charge is 0.335 e. The Morgan fingerprint density at radius 2 is 1.76 bits per heavy atom. The Bertz CT molecular complexity index is 1160. The number of benzene rings is 2. The van der Waals surface area contributed by atoms with Gasteiger partial charge < -0.3 is 15.9 Å². The predicted molar refractivity (Wildman–Crippen MR) is 107 cm³/mol. The van der Waals surface area contributed by atoms with Crippen LogP contribution < -0.4 is 10.0 Å². The summed E-state index contributed by atoms with van der Waals surface area (Å²) in [7, 11) is -8.07. The normalized spacial score (nSPS) is 21.0. The minimum absolute atomic E-state index is 0.112. The van der Waals surface area contributed by atoms with E-state index in [0.29, 0.717) is 5.69 Å². The molecule has 0 aliphatic carbocycles. The number of nitrogens with two attached hydrogens (primary N) is 1. The molecule has 0 aromatic heterocycles. The summed E-state index contributed by atoms with van der Waals surface area (Å²) in [6.45, 7) is 1.50. The molecule has 1 saturated heterocycles. The number of aliphatic hydroxyl groups excluding tert-OH is 1. The first-order valence-corrected chi connectivity index (χ1v) is 11.8. The van der Waals surface area contributed by atoms with Crippen LogP contribution in [0.4, 0.5) is 11.4 Å². The molecule has 1 aliphatic heterocycles. The van der Waals surface area contributed by atoms with Crippen molar-refractivity contribution in [2.24, 2.45) is 0 Å². The first-order chi connectivity index (χ1) is 13.4. The van der Waals surface area contributed by atoms with Crippen LogP contribution in [-0.4, -0.2) is 56.7 Å². The van der Waals surface area contributed by atoms with Crippen molar-refractivity contribution in [3.8, 4) is 0 Å². The molecule has 1 heterocycles. The molecule has 1 aliphatic rings. The number of aliphatic hydroxyl groups is 1. The summed E-state index contributed by atoms with van der Waals surface area (Å²) in [6.07, 6.45) is -1.43. The van der Waals surface area contributed by atoms with E-state index >= 15 is 0 Å². The van der Waals surface area contributed by atoms with Gasteiger partial charge in [-0.25, -0.2) is 21.6 Å². The lowest BCUT2D eigenvalue weighted by molar-refractivity contribution is 0.0696. The van der Waals surface area contributed by atoms with Gasteiger partial charge in [0, 0.05) is 5.69 Å². The van der Waals surface area contributed by atoms with Gasteiger partial charge in [0.2, 0.25) is 0 Å². The fraction of sp³-hybridized carbons (Fsp3) is 0.278. The van der Waals surface area contributed by atoms with Crippen molar-refractivity contribution in [3.05, 3.63) is 53.6 Å². The van der Waals surface area contributed by atoms with Crippen LogP contribution in [0.5, 0.6) is 0 Å². The van der Waals surface area contributed by atoms with Crippen LogP contribution in [0.3, 0.4) is 0 Å². The van der Waals surface area contributed by atoms with E-state index in [2.05, 4.69) is 0 Å². The van der Waals surface area contributed by atoms with E-state index in [9.17, 15) is 31.8 Å². The van der Waals surface area contributed by atoms with Gasteiger partial charge in [-0.2, -0.15) is 0 Å². The molecule has 0 unspecified atom stereocenters. The maximum absolute atomic E-state index is 13.6. The van der Waals surface area contributed by atoms with Crippen LogP contribution in [0.2, 0.25) is 0 Å². The van der Waals surface area contributed by atoms with Gasteiger partial charge in [0.25, 0.3) is 10.0 Å². The monoisotopic (exact) mass is 440 g/mol. The number of sulfone groups is 1. The number of rotatable bonds is 5. The summed E-state index contributed by atoms with van der Waals surface area (Å²) in [5.41, 5.74) is 6.20. The number of sulfonamides is 1. The third kappa shape index (κ3) is 4.07. The number of hydrogen-bond acceptors (Lipinski definition) is 7. The van der Waals surface area contributed by atoms with Crippen molar-refractivity contribution in [2.75, 3.05) is 21.5 Å². The summed E-state index contributed by atoms with van der Waals surface area (Å²) in [4.78, 5) is 11.0. The van der Waals surface area contributed by atoms with Gasteiger partial charge in [0.15, 0.2) is 9.84 Å². The quantitative estimate of drug-likeness (QED) is 0.572. The number of nitrogens with zero attached hydrogens (tertiary/aromatic N) is 1. The molecule has 3 rings (SSSR count). The first kappa shape index (κ1) is 21.1. The second kappa shape index (κ2) is 7.32. The summed E-state index contributed by atoms with van der Waals surface area (Å²) in [5.74, 6) is -2.42.